The van der Waals surface area contributed by atoms with Gasteiger partial charge in [0.2, 0.25) is 0 Å². The van der Waals surface area contributed by atoms with Crippen molar-refractivity contribution in [2.75, 3.05) is 18.4 Å². The number of halogens is 3. The Balaban J connectivity index is 1.79. The van der Waals surface area contributed by atoms with Gasteiger partial charge in [0.25, 0.3) is 0 Å². The Labute approximate surface area is 131 Å². The van der Waals surface area contributed by atoms with Crippen LogP contribution >= 0.6 is 0 Å². The van der Waals surface area contributed by atoms with Crippen molar-refractivity contribution in [3.05, 3.63) is 41.5 Å². The van der Waals surface area contributed by atoms with E-state index in [1.807, 2.05) is 6.07 Å². The summed E-state index contributed by atoms with van der Waals surface area (Å²) in [4.78, 5) is 12.5. The second kappa shape index (κ2) is 6.11. The number of anilines is 2. The van der Waals surface area contributed by atoms with E-state index in [0.29, 0.717) is 23.4 Å². The molecule has 0 amide bonds. The molecule has 8 heteroatoms. The molecule has 0 aromatic carbocycles. The van der Waals surface area contributed by atoms with Gasteiger partial charge < -0.3 is 10.6 Å². The molecule has 0 spiro atoms. The van der Waals surface area contributed by atoms with Crippen LogP contribution in [0.4, 0.5) is 24.8 Å². The lowest BCUT2D eigenvalue weighted by atomic mass is 10.0. The Kier molecular flexibility index (Phi) is 4.16. The number of hydrogen-bond acceptors (Lipinski definition) is 5. The molecule has 1 atom stereocenters. The highest BCUT2D eigenvalue weighted by Gasteiger charge is 2.30. The predicted octanol–water partition coefficient (Wildman–Crippen LogP) is 3.02. The van der Waals surface area contributed by atoms with E-state index in [9.17, 15) is 13.2 Å². The molecule has 2 N–H and O–H groups in total. The summed E-state index contributed by atoms with van der Waals surface area (Å²) in [5.41, 5.74) is 0.150. The Morgan fingerprint density at radius 2 is 2.04 bits per heavy atom. The molecule has 1 saturated heterocycles. The highest BCUT2D eigenvalue weighted by atomic mass is 19.4. The summed E-state index contributed by atoms with van der Waals surface area (Å²) in [6.45, 7) is 3.61. The second-order valence-corrected chi connectivity index (χ2v) is 5.47. The third kappa shape index (κ3) is 3.76. The van der Waals surface area contributed by atoms with E-state index in [0.717, 1.165) is 37.5 Å². The van der Waals surface area contributed by atoms with Gasteiger partial charge in [-0.2, -0.15) is 13.2 Å². The highest BCUT2D eigenvalue weighted by Crippen LogP contribution is 2.29. The van der Waals surface area contributed by atoms with Crippen molar-refractivity contribution in [2.24, 2.45) is 0 Å². The molecular formula is C15H16F3N5. The van der Waals surface area contributed by atoms with Crippen molar-refractivity contribution in [3.63, 3.8) is 0 Å². The summed E-state index contributed by atoms with van der Waals surface area (Å²) >= 11 is 0. The van der Waals surface area contributed by atoms with Crippen LogP contribution in [0, 0.1) is 6.92 Å². The summed E-state index contributed by atoms with van der Waals surface area (Å²) in [7, 11) is 0. The molecule has 0 bridgehead atoms. The minimum atomic E-state index is -4.39. The van der Waals surface area contributed by atoms with Crippen LogP contribution in [-0.2, 0) is 6.18 Å². The van der Waals surface area contributed by atoms with Crippen molar-refractivity contribution >= 4 is 11.6 Å². The number of pyridine rings is 1. The Morgan fingerprint density at radius 1 is 1.22 bits per heavy atom. The molecule has 2 aromatic rings. The third-order valence-electron chi connectivity index (χ3n) is 3.68. The average molecular weight is 323 g/mol. The molecule has 0 radical (unpaired) electrons. The third-order valence-corrected chi connectivity index (χ3v) is 3.68. The molecule has 3 heterocycles. The van der Waals surface area contributed by atoms with Gasteiger partial charge >= 0.3 is 6.18 Å². The van der Waals surface area contributed by atoms with Crippen LogP contribution in [0.15, 0.2) is 24.4 Å². The summed E-state index contributed by atoms with van der Waals surface area (Å²) in [5.74, 6) is 1.79. The SMILES string of the molecule is Cc1nc(Nc2ccc(C(F)(F)F)cn2)cc(C2CCNC2)n1. The van der Waals surface area contributed by atoms with E-state index in [1.165, 1.54) is 6.07 Å². The van der Waals surface area contributed by atoms with E-state index in [-0.39, 0.29) is 0 Å². The van der Waals surface area contributed by atoms with Crippen molar-refractivity contribution in [1.82, 2.24) is 20.3 Å². The zero-order chi connectivity index (χ0) is 16.4. The fourth-order valence-corrected chi connectivity index (χ4v) is 2.54. The highest BCUT2D eigenvalue weighted by molar-refractivity contribution is 5.52. The van der Waals surface area contributed by atoms with Crippen LogP contribution in [-0.4, -0.2) is 28.0 Å². The Bertz CT molecular complexity index is 679. The van der Waals surface area contributed by atoms with Gasteiger partial charge in [-0.05, 0) is 32.0 Å². The lowest BCUT2D eigenvalue weighted by molar-refractivity contribution is -0.137. The number of aryl methyl sites for hydroxylation is 1. The normalized spacial score (nSPS) is 18.2. The summed E-state index contributed by atoms with van der Waals surface area (Å²) in [5, 5.41) is 6.22. The monoisotopic (exact) mass is 323 g/mol. The van der Waals surface area contributed by atoms with Gasteiger partial charge in [-0.3, -0.25) is 0 Å². The van der Waals surface area contributed by atoms with E-state index in [2.05, 4.69) is 25.6 Å². The number of nitrogens with zero attached hydrogens (tertiary/aromatic N) is 3. The number of alkyl halides is 3. The second-order valence-electron chi connectivity index (χ2n) is 5.47. The van der Waals surface area contributed by atoms with Crippen molar-refractivity contribution in [2.45, 2.75) is 25.4 Å². The smallest absolute Gasteiger partial charge is 0.325 e. The van der Waals surface area contributed by atoms with Gasteiger partial charge in [0.15, 0.2) is 0 Å². The molecule has 2 aromatic heterocycles. The molecule has 5 nitrogen and oxygen atoms in total. The maximum absolute atomic E-state index is 12.5. The molecule has 1 aliphatic heterocycles. The standard InChI is InChI=1S/C15H16F3N5/c1-9-21-12(10-4-5-19-7-10)6-14(22-9)23-13-3-2-11(8-20-13)15(16,17)18/h2-3,6,8,10,19H,4-5,7H2,1H3,(H,20,21,22,23). The van der Waals surface area contributed by atoms with E-state index >= 15 is 0 Å². The lowest BCUT2D eigenvalue weighted by Gasteiger charge is -2.12. The Hall–Kier alpha value is -2.22. The van der Waals surface area contributed by atoms with Crippen molar-refractivity contribution in [1.29, 1.82) is 0 Å². The minimum Gasteiger partial charge on any atom is -0.325 e. The van der Waals surface area contributed by atoms with Gasteiger partial charge in [-0.25, -0.2) is 15.0 Å². The van der Waals surface area contributed by atoms with Gasteiger partial charge in [0.1, 0.15) is 17.5 Å². The van der Waals surface area contributed by atoms with Crippen molar-refractivity contribution in [3.8, 4) is 0 Å². The zero-order valence-corrected chi connectivity index (χ0v) is 12.5. The Morgan fingerprint density at radius 3 is 2.65 bits per heavy atom. The van der Waals surface area contributed by atoms with Gasteiger partial charge in [0.05, 0.1) is 11.3 Å². The van der Waals surface area contributed by atoms with Crippen LogP contribution in [0.2, 0.25) is 0 Å². The first-order valence-electron chi connectivity index (χ1n) is 7.28. The fraction of sp³-hybridized carbons (Fsp3) is 0.400. The topological polar surface area (TPSA) is 62.7 Å². The molecule has 122 valence electrons. The summed E-state index contributed by atoms with van der Waals surface area (Å²) in [6, 6.07) is 4.10. The molecule has 3 rings (SSSR count). The number of rotatable bonds is 3. The van der Waals surface area contributed by atoms with Gasteiger partial charge in [-0.1, -0.05) is 0 Å². The maximum atomic E-state index is 12.5. The van der Waals surface area contributed by atoms with E-state index in [4.69, 9.17) is 0 Å². The van der Waals surface area contributed by atoms with E-state index in [1.54, 1.807) is 6.92 Å². The molecule has 0 aliphatic carbocycles. The molecule has 1 unspecified atom stereocenters. The summed E-state index contributed by atoms with van der Waals surface area (Å²) < 4.78 is 37.6. The molecule has 1 aliphatic rings. The molecule has 1 fully saturated rings. The predicted molar refractivity (Wildman–Crippen MR) is 79.5 cm³/mol. The van der Waals surface area contributed by atoms with Crippen LogP contribution < -0.4 is 10.6 Å². The summed E-state index contributed by atoms with van der Waals surface area (Å²) in [6.07, 6.45) is -2.58. The lowest BCUT2D eigenvalue weighted by Crippen LogP contribution is -2.10. The van der Waals surface area contributed by atoms with Crippen LogP contribution in [0.5, 0.6) is 0 Å². The quantitative estimate of drug-likeness (QED) is 0.909. The van der Waals surface area contributed by atoms with Gasteiger partial charge in [-0.15, -0.1) is 0 Å². The van der Waals surface area contributed by atoms with Crippen molar-refractivity contribution < 1.29 is 13.2 Å². The number of hydrogen-bond donors (Lipinski definition) is 2. The number of aromatic nitrogens is 3. The maximum Gasteiger partial charge on any atom is 0.417 e. The minimum absolute atomic E-state index is 0.312. The zero-order valence-electron chi connectivity index (χ0n) is 12.5. The first kappa shape index (κ1) is 15.7. The van der Waals surface area contributed by atoms with Gasteiger partial charge in [0, 0.05) is 24.7 Å². The molecule has 23 heavy (non-hydrogen) atoms. The van der Waals surface area contributed by atoms with Crippen LogP contribution in [0.25, 0.3) is 0 Å². The molecule has 0 saturated carbocycles. The first-order chi connectivity index (χ1) is 10.9. The van der Waals surface area contributed by atoms with Crippen LogP contribution in [0.3, 0.4) is 0 Å². The van der Waals surface area contributed by atoms with Crippen LogP contribution in [0.1, 0.15) is 29.4 Å². The average Bonchev–Trinajstić information content (AvgIpc) is 3.00. The first-order valence-corrected chi connectivity index (χ1v) is 7.28. The largest absolute Gasteiger partial charge is 0.417 e. The fourth-order valence-electron chi connectivity index (χ4n) is 2.54. The molecular weight excluding hydrogens is 307 g/mol. The number of nitrogens with one attached hydrogen (secondary N) is 2. The van der Waals surface area contributed by atoms with E-state index < -0.39 is 11.7 Å².